The highest BCUT2D eigenvalue weighted by atomic mass is 32.2. The van der Waals surface area contributed by atoms with Crippen molar-refractivity contribution in [2.45, 2.75) is 18.2 Å². The number of hydrogen-bond donors (Lipinski definition) is 0. The van der Waals surface area contributed by atoms with E-state index in [1.54, 1.807) is 35.0 Å². The van der Waals surface area contributed by atoms with Crippen LogP contribution in [0.4, 0.5) is 0 Å². The van der Waals surface area contributed by atoms with Crippen LogP contribution in [0.2, 0.25) is 0 Å². The van der Waals surface area contributed by atoms with Crippen LogP contribution in [0, 0.1) is 6.92 Å². The standard InChI is InChI=1S/C26H27N3O5S/c1-19-13-14-24(34-19)25-23(18-29(27-25)20-9-5-4-6-10-20)26(30)28(2)15-8-16-33-21-11-7-12-22(17-21)35(3,31)32/h4-7,9-14,17-18H,8,15-16H2,1-3H3. The van der Waals surface area contributed by atoms with Crippen molar-refractivity contribution in [3.63, 3.8) is 0 Å². The van der Waals surface area contributed by atoms with E-state index in [-0.39, 0.29) is 10.8 Å². The van der Waals surface area contributed by atoms with Crippen molar-refractivity contribution in [3.8, 4) is 22.9 Å². The number of aromatic nitrogens is 2. The molecule has 2 heterocycles. The molecular weight excluding hydrogens is 466 g/mol. The second-order valence-corrected chi connectivity index (χ2v) is 10.3. The minimum absolute atomic E-state index is 0.185. The summed E-state index contributed by atoms with van der Waals surface area (Å²) in [5.41, 5.74) is 1.75. The van der Waals surface area contributed by atoms with Gasteiger partial charge in [0.05, 0.1) is 22.8 Å². The van der Waals surface area contributed by atoms with Crippen LogP contribution in [-0.2, 0) is 9.84 Å². The van der Waals surface area contributed by atoms with Gasteiger partial charge in [0.2, 0.25) is 0 Å². The second-order valence-electron chi connectivity index (χ2n) is 8.26. The maximum absolute atomic E-state index is 13.3. The molecule has 0 unspecified atom stereocenters. The first kappa shape index (κ1) is 24.3. The minimum atomic E-state index is -3.30. The summed E-state index contributed by atoms with van der Waals surface area (Å²) in [5.74, 6) is 1.55. The van der Waals surface area contributed by atoms with Crippen LogP contribution >= 0.6 is 0 Å². The summed E-state index contributed by atoms with van der Waals surface area (Å²) in [5, 5.41) is 4.63. The molecule has 4 aromatic rings. The molecular formula is C26H27N3O5S. The Morgan fingerprint density at radius 3 is 2.54 bits per heavy atom. The Bertz CT molecular complexity index is 1420. The number of ether oxygens (including phenoxy) is 1. The van der Waals surface area contributed by atoms with Crippen LogP contribution in [0.15, 0.2) is 82.2 Å². The molecule has 0 saturated heterocycles. The first-order valence-electron chi connectivity index (χ1n) is 11.1. The number of benzene rings is 2. The van der Waals surface area contributed by atoms with E-state index in [4.69, 9.17) is 9.15 Å². The number of sulfone groups is 1. The lowest BCUT2D eigenvalue weighted by Crippen LogP contribution is -2.28. The first-order valence-corrected chi connectivity index (χ1v) is 13.0. The molecule has 0 aliphatic rings. The number of aryl methyl sites for hydroxylation is 1. The van der Waals surface area contributed by atoms with E-state index in [0.717, 1.165) is 17.7 Å². The van der Waals surface area contributed by atoms with Crippen molar-refractivity contribution in [2.75, 3.05) is 26.5 Å². The van der Waals surface area contributed by atoms with Crippen LogP contribution in [0.3, 0.4) is 0 Å². The van der Waals surface area contributed by atoms with E-state index in [2.05, 4.69) is 5.10 Å². The molecule has 0 N–H and O–H groups in total. The predicted molar refractivity (Wildman–Crippen MR) is 133 cm³/mol. The van der Waals surface area contributed by atoms with E-state index >= 15 is 0 Å². The van der Waals surface area contributed by atoms with E-state index < -0.39 is 9.84 Å². The van der Waals surface area contributed by atoms with Gasteiger partial charge in [0.25, 0.3) is 5.91 Å². The lowest BCUT2D eigenvalue weighted by molar-refractivity contribution is 0.0788. The Balaban J connectivity index is 1.45. The van der Waals surface area contributed by atoms with Crippen LogP contribution in [-0.4, -0.2) is 55.5 Å². The number of para-hydroxylation sites is 1. The first-order chi connectivity index (χ1) is 16.7. The zero-order valence-corrected chi connectivity index (χ0v) is 20.7. The average Bonchev–Trinajstić information content (AvgIpc) is 3.48. The van der Waals surface area contributed by atoms with Gasteiger partial charge in [-0.15, -0.1) is 0 Å². The van der Waals surface area contributed by atoms with Crippen molar-refractivity contribution in [1.29, 1.82) is 0 Å². The predicted octanol–water partition coefficient (Wildman–Crippen LogP) is 4.39. The quantitative estimate of drug-likeness (QED) is 0.321. The average molecular weight is 494 g/mol. The lowest BCUT2D eigenvalue weighted by Gasteiger charge is -2.17. The fourth-order valence-electron chi connectivity index (χ4n) is 3.58. The van der Waals surface area contributed by atoms with Gasteiger partial charge in [-0.1, -0.05) is 24.3 Å². The zero-order chi connectivity index (χ0) is 25.0. The van der Waals surface area contributed by atoms with E-state index in [1.807, 2.05) is 49.4 Å². The summed E-state index contributed by atoms with van der Waals surface area (Å²) in [7, 11) is -1.58. The molecule has 0 saturated carbocycles. The van der Waals surface area contributed by atoms with Gasteiger partial charge in [-0.25, -0.2) is 13.1 Å². The van der Waals surface area contributed by atoms with E-state index in [0.29, 0.717) is 42.3 Å². The fraction of sp³-hybridized carbons (Fsp3) is 0.231. The van der Waals surface area contributed by atoms with E-state index in [1.165, 1.54) is 12.1 Å². The number of furan rings is 1. The van der Waals surface area contributed by atoms with Crippen molar-refractivity contribution >= 4 is 15.7 Å². The van der Waals surface area contributed by atoms with Crippen LogP contribution in [0.25, 0.3) is 17.1 Å². The summed E-state index contributed by atoms with van der Waals surface area (Å²) in [4.78, 5) is 15.2. The number of hydrogen-bond acceptors (Lipinski definition) is 6. The van der Waals surface area contributed by atoms with Crippen molar-refractivity contribution in [3.05, 3.63) is 84.3 Å². The third-order valence-corrected chi connectivity index (χ3v) is 6.54. The van der Waals surface area contributed by atoms with Gasteiger partial charge in [-0.2, -0.15) is 5.10 Å². The number of rotatable bonds is 9. The van der Waals surface area contributed by atoms with E-state index in [9.17, 15) is 13.2 Å². The summed E-state index contributed by atoms with van der Waals surface area (Å²) in [6, 6.07) is 19.6. The van der Waals surface area contributed by atoms with Crippen molar-refractivity contribution < 1.29 is 22.4 Å². The molecule has 0 spiro atoms. The molecule has 0 atom stereocenters. The SMILES string of the molecule is Cc1ccc(-c2nn(-c3ccccc3)cc2C(=O)N(C)CCCOc2cccc(S(C)(=O)=O)c2)o1. The summed E-state index contributed by atoms with van der Waals surface area (Å²) >= 11 is 0. The zero-order valence-electron chi connectivity index (χ0n) is 19.8. The molecule has 182 valence electrons. The Labute approximate surface area is 204 Å². The molecule has 9 heteroatoms. The third-order valence-electron chi connectivity index (χ3n) is 5.43. The Hall–Kier alpha value is -3.85. The molecule has 0 aliphatic carbocycles. The van der Waals surface area contributed by atoms with Crippen LogP contribution in [0.1, 0.15) is 22.5 Å². The second kappa shape index (κ2) is 10.2. The highest BCUT2D eigenvalue weighted by molar-refractivity contribution is 7.90. The van der Waals surface area contributed by atoms with Gasteiger partial charge in [0, 0.05) is 26.0 Å². The Morgan fingerprint density at radius 1 is 1.09 bits per heavy atom. The Kier molecular flexibility index (Phi) is 7.07. The molecule has 2 aromatic heterocycles. The molecule has 0 aliphatic heterocycles. The maximum Gasteiger partial charge on any atom is 0.257 e. The molecule has 35 heavy (non-hydrogen) atoms. The summed E-state index contributed by atoms with van der Waals surface area (Å²) in [6.45, 7) is 2.62. The molecule has 1 amide bonds. The number of carbonyl (C=O) groups is 1. The largest absolute Gasteiger partial charge is 0.493 e. The van der Waals surface area contributed by atoms with Gasteiger partial charge >= 0.3 is 0 Å². The van der Waals surface area contributed by atoms with Crippen molar-refractivity contribution in [1.82, 2.24) is 14.7 Å². The minimum Gasteiger partial charge on any atom is -0.493 e. The molecule has 0 bridgehead atoms. The van der Waals surface area contributed by atoms with Crippen molar-refractivity contribution in [2.24, 2.45) is 0 Å². The third kappa shape index (κ3) is 5.81. The summed E-state index contributed by atoms with van der Waals surface area (Å²) in [6.07, 6.45) is 3.44. The van der Waals surface area contributed by atoms with Crippen LogP contribution in [0.5, 0.6) is 5.75 Å². The van der Waals surface area contributed by atoms with Crippen LogP contribution < -0.4 is 4.74 Å². The van der Waals surface area contributed by atoms with Gasteiger partial charge < -0.3 is 14.1 Å². The fourth-order valence-corrected chi connectivity index (χ4v) is 4.24. The number of amides is 1. The molecule has 2 aromatic carbocycles. The Morgan fingerprint density at radius 2 is 1.86 bits per heavy atom. The van der Waals surface area contributed by atoms with Gasteiger partial charge in [0.1, 0.15) is 17.2 Å². The molecule has 0 fully saturated rings. The highest BCUT2D eigenvalue weighted by Gasteiger charge is 2.23. The van der Waals surface area contributed by atoms with Gasteiger partial charge in [-0.05, 0) is 55.8 Å². The molecule has 8 nitrogen and oxygen atoms in total. The summed E-state index contributed by atoms with van der Waals surface area (Å²) < 4.78 is 36.6. The normalized spacial score (nSPS) is 11.4. The number of nitrogens with zero attached hydrogens (tertiary/aromatic N) is 3. The lowest BCUT2D eigenvalue weighted by atomic mass is 10.2. The smallest absolute Gasteiger partial charge is 0.257 e. The molecule has 0 radical (unpaired) electrons. The maximum atomic E-state index is 13.3. The number of carbonyl (C=O) groups excluding carboxylic acids is 1. The molecule has 4 rings (SSSR count). The topological polar surface area (TPSA) is 94.6 Å². The van der Waals surface area contributed by atoms with Gasteiger partial charge in [-0.3, -0.25) is 4.79 Å². The monoisotopic (exact) mass is 493 g/mol. The van der Waals surface area contributed by atoms with Gasteiger partial charge in [0.15, 0.2) is 15.6 Å². The highest BCUT2D eigenvalue weighted by Crippen LogP contribution is 2.26.